The second kappa shape index (κ2) is 5.45. The third-order valence-electron chi connectivity index (χ3n) is 1.98. The van der Waals surface area contributed by atoms with Crippen molar-refractivity contribution in [2.24, 2.45) is 5.73 Å². The van der Waals surface area contributed by atoms with Crippen LogP contribution in [0.5, 0.6) is 0 Å². The van der Waals surface area contributed by atoms with Crippen LogP contribution in [-0.2, 0) is 4.74 Å². The molecule has 1 heterocycles. The van der Waals surface area contributed by atoms with Gasteiger partial charge in [0.2, 0.25) is 0 Å². The fourth-order valence-electron chi connectivity index (χ4n) is 1.17. The van der Waals surface area contributed by atoms with Gasteiger partial charge >= 0.3 is 5.97 Å². The summed E-state index contributed by atoms with van der Waals surface area (Å²) < 4.78 is 7.35. The Morgan fingerprint density at radius 3 is 3.00 bits per heavy atom. The maximum atomic E-state index is 11.6. The van der Waals surface area contributed by atoms with E-state index in [1.807, 2.05) is 6.92 Å². The molecule has 0 spiro atoms. The molecule has 0 radical (unpaired) electrons. The zero-order chi connectivity index (χ0) is 11.4. The summed E-state index contributed by atoms with van der Waals surface area (Å²) in [6.45, 7) is 4.48. The summed E-state index contributed by atoms with van der Waals surface area (Å²) in [6.07, 6.45) is 1.64. The number of carbonyl (C=O) groups excluding carboxylic acids is 1. The average molecular weight is 323 g/mol. The average Bonchev–Trinajstić information content (AvgIpc) is 2.59. The van der Waals surface area contributed by atoms with E-state index in [9.17, 15) is 4.79 Å². The van der Waals surface area contributed by atoms with Crippen LogP contribution in [0.15, 0.2) is 6.20 Å². The normalized spacial score (nSPS) is 12.5. The number of carbonyl (C=O) groups is 1. The van der Waals surface area contributed by atoms with Crippen LogP contribution in [0.4, 0.5) is 0 Å². The van der Waals surface area contributed by atoms with Crippen LogP contribution in [0.1, 0.15) is 30.4 Å². The molecule has 5 nitrogen and oxygen atoms in total. The first-order chi connectivity index (χ1) is 7.11. The molecule has 1 rings (SSSR count). The highest BCUT2D eigenvalue weighted by atomic mass is 127. The third kappa shape index (κ3) is 2.69. The summed E-state index contributed by atoms with van der Waals surface area (Å²) in [4.78, 5) is 11.6. The molecular weight excluding hydrogens is 309 g/mol. The van der Waals surface area contributed by atoms with Gasteiger partial charge in [-0.3, -0.25) is 4.68 Å². The Balaban J connectivity index is 3.03. The molecule has 0 aromatic carbocycles. The molecule has 84 valence electrons. The van der Waals surface area contributed by atoms with Crippen LogP contribution in [0, 0.1) is 3.57 Å². The maximum absolute atomic E-state index is 11.6. The Kier molecular flexibility index (Phi) is 4.52. The highest BCUT2D eigenvalue weighted by molar-refractivity contribution is 14.1. The van der Waals surface area contributed by atoms with E-state index < -0.39 is 0 Å². The first kappa shape index (κ1) is 12.4. The van der Waals surface area contributed by atoms with E-state index in [2.05, 4.69) is 27.7 Å². The maximum Gasteiger partial charge on any atom is 0.357 e. The van der Waals surface area contributed by atoms with Crippen molar-refractivity contribution in [3.63, 3.8) is 0 Å². The molecule has 0 saturated carbocycles. The first-order valence-corrected chi connectivity index (χ1v) is 5.79. The standard InChI is InChI=1S/C9H14IN3O2/c1-3-15-9(14)8-7(10)5-12-13(8)6(2)4-11/h5-6H,3-4,11H2,1-2H3/t6-/m1/s1. The van der Waals surface area contributed by atoms with Gasteiger partial charge in [0.1, 0.15) is 0 Å². The number of esters is 1. The molecule has 2 N–H and O–H groups in total. The lowest BCUT2D eigenvalue weighted by Crippen LogP contribution is -2.22. The molecule has 0 fully saturated rings. The third-order valence-corrected chi connectivity index (χ3v) is 2.77. The zero-order valence-electron chi connectivity index (χ0n) is 8.74. The lowest BCUT2D eigenvalue weighted by molar-refractivity contribution is 0.0508. The number of ether oxygens (including phenoxy) is 1. The van der Waals surface area contributed by atoms with Crippen LogP contribution in [0.3, 0.4) is 0 Å². The van der Waals surface area contributed by atoms with Gasteiger partial charge in [-0.2, -0.15) is 5.10 Å². The second-order valence-electron chi connectivity index (χ2n) is 3.09. The number of aromatic nitrogens is 2. The second-order valence-corrected chi connectivity index (χ2v) is 4.25. The lowest BCUT2D eigenvalue weighted by atomic mass is 10.3. The van der Waals surface area contributed by atoms with Crippen LogP contribution >= 0.6 is 22.6 Å². The predicted molar refractivity (Wildman–Crippen MR) is 64.7 cm³/mol. The number of rotatable bonds is 4. The Bertz CT molecular complexity index is 351. The molecule has 0 aliphatic carbocycles. The van der Waals surface area contributed by atoms with E-state index in [1.54, 1.807) is 17.8 Å². The Labute approximate surface area is 102 Å². The fourth-order valence-corrected chi connectivity index (χ4v) is 1.76. The van der Waals surface area contributed by atoms with Crippen molar-refractivity contribution in [3.05, 3.63) is 15.5 Å². The Morgan fingerprint density at radius 1 is 1.80 bits per heavy atom. The molecule has 0 aliphatic rings. The van der Waals surface area contributed by atoms with Gasteiger partial charge in [-0.25, -0.2) is 4.79 Å². The van der Waals surface area contributed by atoms with Gasteiger partial charge in [-0.1, -0.05) is 0 Å². The monoisotopic (exact) mass is 323 g/mol. The molecule has 0 aliphatic heterocycles. The van der Waals surface area contributed by atoms with Crippen molar-refractivity contribution in [1.29, 1.82) is 0 Å². The SMILES string of the molecule is CCOC(=O)c1c(I)cnn1[C@H](C)CN. The summed E-state index contributed by atoms with van der Waals surface area (Å²) in [5.74, 6) is -0.347. The van der Waals surface area contributed by atoms with E-state index in [-0.39, 0.29) is 12.0 Å². The Hall–Kier alpha value is -0.630. The molecule has 0 bridgehead atoms. The largest absolute Gasteiger partial charge is 0.461 e. The van der Waals surface area contributed by atoms with Crippen LogP contribution in [0.25, 0.3) is 0 Å². The van der Waals surface area contributed by atoms with Gasteiger partial charge in [0.05, 0.1) is 22.4 Å². The van der Waals surface area contributed by atoms with Crippen molar-refractivity contribution in [2.45, 2.75) is 19.9 Å². The zero-order valence-corrected chi connectivity index (χ0v) is 10.9. The predicted octanol–water partition coefficient (Wildman–Crippen LogP) is 1.18. The van der Waals surface area contributed by atoms with Crippen molar-refractivity contribution >= 4 is 28.6 Å². The molecule has 1 atom stereocenters. The van der Waals surface area contributed by atoms with Gasteiger partial charge in [-0.05, 0) is 36.4 Å². The number of hydrogen-bond acceptors (Lipinski definition) is 4. The summed E-state index contributed by atoms with van der Waals surface area (Å²) in [7, 11) is 0. The van der Waals surface area contributed by atoms with E-state index in [0.717, 1.165) is 3.57 Å². The quantitative estimate of drug-likeness (QED) is 0.667. The van der Waals surface area contributed by atoms with E-state index in [4.69, 9.17) is 10.5 Å². The first-order valence-electron chi connectivity index (χ1n) is 4.72. The molecule has 1 aromatic heterocycles. The molecule has 0 unspecified atom stereocenters. The molecule has 15 heavy (non-hydrogen) atoms. The smallest absolute Gasteiger partial charge is 0.357 e. The van der Waals surface area contributed by atoms with E-state index in [1.165, 1.54) is 0 Å². The number of nitrogens with two attached hydrogens (primary N) is 1. The van der Waals surface area contributed by atoms with Gasteiger partial charge in [0.25, 0.3) is 0 Å². The Morgan fingerprint density at radius 2 is 2.47 bits per heavy atom. The highest BCUT2D eigenvalue weighted by Crippen LogP contribution is 2.16. The minimum absolute atomic E-state index is 0.00655. The summed E-state index contributed by atoms with van der Waals surface area (Å²) >= 11 is 2.06. The van der Waals surface area contributed by atoms with Gasteiger partial charge in [0, 0.05) is 6.54 Å². The van der Waals surface area contributed by atoms with E-state index >= 15 is 0 Å². The molecule has 0 saturated heterocycles. The van der Waals surface area contributed by atoms with Crippen LogP contribution in [0.2, 0.25) is 0 Å². The minimum Gasteiger partial charge on any atom is -0.461 e. The summed E-state index contributed by atoms with van der Waals surface area (Å²) in [5.41, 5.74) is 6.02. The number of nitrogens with zero attached hydrogens (tertiary/aromatic N) is 2. The van der Waals surface area contributed by atoms with Crippen molar-refractivity contribution < 1.29 is 9.53 Å². The molecule has 6 heteroatoms. The van der Waals surface area contributed by atoms with Crippen LogP contribution in [-0.4, -0.2) is 28.9 Å². The highest BCUT2D eigenvalue weighted by Gasteiger charge is 2.20. The van der Waals surface area contributed by atoms with Gasteiger partial charge in [-0.15, -0.1) is 0 Å². The number of halogens is 1. The topological polar surface area (TPSA) is 70.1 Å². The minimum atomic E-state index is -0.347. The van der Waals surface area contributed by atoms with E-state index in [0.29, 0.717) is 18.8 Å². The van der Waals surface area contributed by atoms with Crippen molar-refractivity contribution in [2.75, 3.05) is 13.2 Å². The van der Waals surface area contributed by atoms with Crippen molar-refractivity contribution in [1.82, 2.24) is 9.78 Å². The van der Waals surface area contributed by atoms with Gasteiger partial charge < -0.3 is 10.5 Å². The molecular formula is C9H14IN3O2. The summed E-state index contributed by atoms with van der Waals surface area (Å²) in [5, 5.41) is 4.12. The molecule has 0 amide bonds. The summed E-state index contributed by atoms with van der Waals surface area (Å²) in [6, 6.07) is -0.00655. The fraction of sp³-hybridized carbons (Fsp3) is 0.556. The van der Waals surface area contributed by atoms with Gasteiger partial charge in [0.15, 0.2) is 5.69 Å². The molecule has 1 aromatic rings. The number of hydrogen-bond donors (Lipinski definition) is 1. The van der Waals surface area contributed by atoms with Crippen LogP contribution < -0.4 is 5.73 Å². The van der Waals surface area contributed by atoms with Crippen molar-refractivity contribution in [3.8, 4) is 0 Å². The lowest BCUT2D eigenvalue weighted by Gasteiger charge is -2.12.